The highest BCUT2D eigenvalue weighted by atomic mass is 35.5. The van der Waals surface area contributed by atoms with Crippen LogP contribution in [0.2, 0.25) is 5.15 Å². The second kappa shape index (κ2) is 10.7. The first-order chi connectivity index (χ1) is 14.0. The van der Waals surface area contributed by atoms with Gasteiger partial charge in [0.1, 0.15) is 17.5 Å². The number of carbonyl (C=O) groups is 1. The quantitative estimate of drug-likeness (QED) is 0.209. The van der Waals surface area contributed by atoms with E-state index in [2.05, 4.69) is 15.0 Å². The number of ether oxygens (including phenoxy) is 1. The van der Waals surface area contributed by atoms with E-state index in [1.807, 2.05) is 6.92 Å². The molecule has 11 heteroatoms. The number of nitrogens with one attached hydrogen (secondary N) is 2. The number of thiol groups is 1. The zero-order valence-corrected chi connectivity index (χ0v) is 18.4. The number of aromatic nitrogens is 1. The smallest absolute Gasteiger partial charge is 0.434 e. The van der Waals surface area contributed by atoms with Crippen molar-refractivity contribution in [2.24, 2.45) is 5.41 Å². The number of rotatable bonds is 9. The van der Waals surface area contributed by atoms with Gasteiger partial charge in [0.05, 0.1) is 12.0 Å². The van der Waals surface area contributed by atoms with Crippen molar-refractivity contribution in [3.63, 3.8) is 0 Å². The van der Waals surface area contributed by atoms with Gasteiger partial charge < -0.3 is 10.1 Å². The van der Waals surface area contributed by atoms with Gasteiger partial charge in [-0.2, -0.15) is 13.2 Å². The molecule has 2 rings (SSSR count). The van der Waals surface area contributed by atoms with Crippen LogP contribution in [0, 0.1) is 5.41 Å². The van der Waals surface area contributed by atoms with Gasteiger partial charge in [-0.05, 0) is 37.0 Å². The Balaban J connectivity index is 1.81. The zero-order valence-electron chi connectivity index (χ0n) is 16.8. The van der Waals surface area contributed by atoms with Gasteiger partial charge in [0.2, 0.25) is 5.91 Å². The third kappa shape index (κ3) is 7.96. The number of hydrogen-bond acceptors (Lipinski definition) is 4. The number of alkyl halides is 3. The Bertz CT molecular complexity index is 779. The van der Waals surface area contributed by atoms with Crippen molar-refractivity contribution in [2.75, 3.05) is 19.4 Å². The van der Waals surface area contributed by atoms with Crippen molar-refractivity contribution in [2.45, 2.75) is 44.7 Å². The Morgan fingerprint density at radius 1 is 1.43 bits per heavy atom. The highest BCUT2D eigenvalue weighted by Gasteiger charge is 2.32. The molecule has 1 aliphatic carbocycles. The fourth-order valence-electron chi connectivity index (χ4n) is 2.93. The molecule has 0 saturated carbocycles. The number of hydrogen-bond donors (Lipinski definition) is 3. The first-order valence-electron chi connectivity index (χ1n) is 9.41. The lowest BCUT2D eigenvalue weighted by atomic mass is 9.76. The molecule has 1 aromatic heterocycles. The number of carbonyl (C=O) groups excluding carboxylic acids is 1. The fraction of sp³-hybridized carbons (Fsp3) is 0.579. The van der Waals surface area contributed by atoms with Gasteiger partial charge >= 0.3 is 5.51 Å². The van der Waals surface area contributed by atoms with E-state index in [0.717, 1.165) is 6.26 Å². The molecule has 170 valence electrons. The molecule has 30 heavy (non-hydrogen) atoms. The molecular formula is C19H26ClF4N3O2S. The highest BCUT2D eigenvalue weighted by Crippen LogP contribution is 2.39. The minimum absolute atomic E-state index is 0.0281. The first kappa shape index (κ1) is 24.7. The van der Waals surface area contributed by atoms with Crippen molar-refractivity contribution in [3.05, 3.63) is 34.9 Å². The van der Waals surface area contributed by atoms with E-state index < -0.39 is 16.6 Å². The van der Waals surface area contributed by atoms with Gasteiger partial charge in [-0.25, -0.2) is 9.37 Å². The van der Waals surface area contributed by atoms with Gasteiger partial charge in [0, 0.05) is 25.1 Å². The number of allylic oxidation sites excluding steroid dienone is 2. The lowest BCUT2D eigenvalue weighted by Gasteiger charge is -2.30. The Morgan fingerprint density at radius 3 is 2.80 bits per heavy atom. The third-order valence-electron chi connectivity index (χ3n) is 4.83. The summed E-state index contributed by atoms with van der Waals surface area (Å²) in [6.07, 6.45) is 5.73. The maximum atomic E-state index is 13.2. The van der Waals surface area contributed by atoms with E-state index in [1.165, 1.54) is 12.3 Å². The number of nitrogens with zero attached hydrogens (tertiary/aromatic N) is 1. The van der Waals surface area contributed by atoms with Gasteiger partial charge in [0.15, 0.2) is 0 Å². The van der Waals surface area contributed by atoms with E-state index in [-0.39, 0.29) is 48.4 Å². The molecule has 5 nitrogen and oxygen atoms in total. The summed E-state index contributed by atoms with van der Waals surface area (Å²) in [6.45, 7) is 2.15. The summed E-state index contributed by atoms with van der Waals surface area (Å²) in [6, 6.07) is 1.59. The van der Waals surface area contributed by atoms with Crippen LogP contribution in [0.15, 0.2) is 24.2 Å². The average Bonchev–Trinajstić information content (AvgIpc) is 2.67. The molecule has 0 aliphatic heterocycles. The third-order valence-corrected chi connectivity index (χ3v) is 6.63. The number of halogens is 5. The van der Waals surface area contributed by atoms with E-state index >= 15 is 0 Å². The molecule has 0 fully saturated rings. The molecule has 0 bridgehead atoms. The monoisotopic (exact) mass is 471 g/mol. The summed E-state index contributed by atoms with van der Waals surface area (Å²) < 4.78 is 58.5. The zero-order chi connectivity index (χ0) is 22.4. The lowest BCUT2D eigenvalue weighted by molar-refractivity contribution is -0.123. The Hall–Kier alpha value is -1.52. The van der Waals surface area contributed by atoms with Crippen LogP contribution in [0.3, 0.4) is 0 Å². The molecular weight excluding hydrogens is 446 g/mol. The average molecular weight is 472 g/mol. The summed E-state index contributed by atoms with van der Waals surface area (Å²) >= 11 is 3.79. The van der Waals surface area contributed by atoms with Crippen LogP contribution in [0.1, 0.15) is 38.2 Å². The van der Waals surface area contributed by atoms with E-state index in [0.29, 0.717) is 30.6 Å². The van der Waals surface area contributed by atoms with Crippen molar-refractivity contribution in [1.29, 1.82) is 0 Å². The second-order valence-corrected chi connectivity index (χ2v) is 9.82. The standard InChI is InChI=1S/C19H26ClF4N3O2S/c1-18(5-3-14(21)4-6-18)10-16(28)25-11-13-9-15(12-26-17(13)20)29-8-7-27-30(2)19(22,23)24/h3,9,12,27,30H,4-8,10-11H2,1-2H3,(H,25,28). The normalized spacial score (nSPS) is 21.0. The molecule has 2 N–H and O–H groups in total. The summed E-state index contributed by atoms with van der Waals surface area (Å²) in [5, 5.41) is 2.98. The Kier molecular flexibility index (Phi) is 8.81. The molecule has 1 heterocycles. The Morgan fingerprint density at radius 2 is 2.17 bits per heavy atom. The summed E-state index contributed by atoms with van der Waals surface area (Å²) in [4.78, 5) is 16.3. The minimum Gasteiger partial charge on any atom is -0.491 e. The molecule has 0 radical (unpaired) electrons. The van der Waals surface area contributed by atoms with Gasteiger partial charge in [0.25, 0.3) is 0 Å². The summed E-state index contributed by atoms with van der Waals surface area (Å²) in [7, 11) is 0. The molecule has 1 aromatic rings. The van der Waals surface area contributed by atoms with Crippen molar-refractivity contribution in [3.8, 4) is 5.75 Å². The topological polar surface area (TPSA) is 63.2 Å². The van der Waals surface area contributed by atoms with E-state index in [4.69, 9.17) is 16.3 Å². The van der Waals surface area contributed by atoms with Crippen molar-refractivity contribution >= 4 is 28.6 Å². The predicted molar refractivity (Wildman–Crippen MR) is 111 cm³/mol. The summed E-state index contributed by atoms with van der Waals surface area (Å²) in [5.74, 6) is 0.0349. The van der Waals surface area contributed by atoms with Gasteiger partial charge in [-0.1, -0.05) is 24.6 Å². The van der Waals surface area contributed by atoms with Gasteiger partial charge in [-0.15, -0.1) is 11.1 Å². The summed E-state index contributed by atoms with van der Waals surface area (Å²) in [5.41, 5.74) is -4.00. The van der Waals surface area contributed by atoms with Crippen molar-refractivity contribution in [1.82, 2.24) is 15.0 Å². The maximum Gasteiger partial charge on any atom is 0.434 e. The van der Waals surface area contributed by atoms with Crippen LogP contribution in [0.5, 0.6) is 5.75 Å². The molecule has 1 amide bonds. The molecule has 2 atom stereocenters. The molecule has 1 aliphatic rings. The van der Waals surface area contributed by atoms with E-state index in [9.17, 15) is 22.4 Å². The minimum atomic E-state index is -4.25. The van der Waals surface area contributed by atoms with Crippen LogP contribution < -0.4 is 14.8 Å². The fourth-order valence-corrected chi connectivity index (χ4v) is 3.71. The van der Waals surface area contributed by atoms with Crippen LogP contribution in [0.25, 0.3) is 0 Å². The predicted octanol–water partition coefficient (Wildman–Crippen LogP) is 4.82. The van der Waals surface area contributed by atoms with Crippen LogP contribution >= 0.6 is 22.7 Å². The Labute approximate surface area is 181 Å². The lowest BCUT2D eigenvalue weighted by Crippen LogP contribution is -2.31. The van der Waals surface area contributed by atoms with Crippen LogP contribution in [0.4, 0.5) is 17.6 Å². The highest BCUT2D eigenvalue weighted by molar-refractivity contribution is 8.15. The largest absolute Gasteiger partial charge is 0.491 e. The molecule has 2 unspecified atom stereocenters. The molecule has 0 saturated heterocycles. The van der Waals surface area contributed by atoms with Gasteiger partial charge in [-0.3, -0.25) is 9.52 Å². The number of pyridine rings is 1. The van der Waals surface area contributed by atoms with E-state index in [1.54, 1.807) is 6.07 Å². The SMILES string of the molecule is C[SH](NCCOc1cnc(Cl)c(CNC(=O)CC2(C)CC=C(F)CC2)c1)C(F)(F)F. The van der Waals surface area contributed by atoms with Crippen LogP contribution in [-0.4, -0.2) is 35.8 Å². The number of amides is 1. The van der Waals surface area contributed by atoms with Crippen molar-refractivity contribution < 1.29 is 27.1 Å². The molecule has 0 spiro atoms. The molecule has 0 aromatic carbocycles. The maximum absolute atomic E-state index is 13.2. The second-order valence-electron chi connectivity index (χ2n) is 7.52. The van der Waals surface area contributed by atoms with Crippen LogP contribution in [-0.2, 0) is 11.3 Å². The first-order valence-corrected chi connectivity index (χ1v) is 11.6.